The number of rotatable bonds is 7. The van der Waals surface area contributed by atoms with Gasteiger partial charge >= 0.3 is 0 Å². The molecule has 0 aliphatic carbocycles. The van der Waals surface area contributed by atoms with Crippen molar-refractivity contribution >= 4 is 11.6 Å². The molecule has 1 rings (SSSR count). The Morgan fingerprint density at radius 1 is 1.25 bits per heavy atom. The van der Waals surface area contributed by atoms with Crippen molar-refractivity contribution < 1.29 is 4.79 Å². The van der Waals surface area contributed by atoms with E-state index in [2.05, 4.69) is 17.6 Å². The second-order valence-electron chi connectivity index (χ2n) is 3.58. The maximum Gasteiger partial charge on any atom is 0.248 e. The minimum atomic E-state index is -0.390. The fourth-order valence-electron chi connectivity index (χ4n) is 1.38. The molecule has 0 heterocycles. The van der Waals surface area contributed by atoms with Crippen LogP contribution in [-0.2, 0) is 0 Å². The van der Waals surface area contributed by atoms with Gasteiger partial charge in [-0.25, -0.2) is 0 Å². The van der Waals surface area contributed by atoms with E-state index < -0.39 is 5.91 Å². The van der Waals surface area contributed by atoms with E-state index in [9.17, 15) is 4.79 Å². The van der Waals surface area contributed by atoms with Crippen molar-refractivity contribution in [1.29, 1.82) is 0 Å². The molecule has 0 unspecified atom stereocenters. The molecule has 0 radical (unpaired) electrons. The minimum absolute atomic E-state index is 0.390. The van der Waals surface area contributed by atoms with Crippen LogP contribution in [-0.4, -0.2) is 25.5 Å². The summed E-state index contributed by atoms with van der Waals surface area (Å²) in [5, 5.41) is 6.53. The van der Waals surface area contributed by atoms with Crippen LogP contribution in [0.15, 0.2) is 24.3 Å². The number of nitrogens with two attached hydrogens (primary N) is 1. The van der Waals surface area contributed by atoms with Crippen LogP contribution in [0.1, 0.15) is 23.7 Å². The first-order chi connectivity index (χ1) is 7.74. The summed E-state index contributed by atoms with van der Waals surface area (Å²) in [5.41, 5.74) is 6.71. The van der Waals surface area contributed by atoms with E-state index in [1.807, 2.05) is 12.1 Å². The Morgan fingerprint density at radius 3 is 2.50 bits per heavy atom. The number of hydrogen-bond donors (Lipinski definition) is 3. The van der Waals surface area contributed by atoms with Gasteiger partial charge in [0.15, 0.2) is 0 Å². The summed E-state index contributed by atoms with van der Waals surface area (Å²) in [5.74, 6) is -0.390. The molecule has 4 heteroatoms. The van der Waals surface area contributed by atoms with Gasteiger partial charge in [0.05, 0.1) is 0 Å². The molecule has 88 valence electrons. The first kappa shape index (κ1) is 12.5. The number of primary amides is 1. The molecule has 4 nitrogen and oxygen atoms in total. The highest BCUT2D eigenvalue weighted by molar-refractivity contribution is 5.93. The van der Waals surface area contributed by atoms with Gasteiger partial charge in [0.2, 0.25) is 5.91 Å². The summed E-state index contributed by atoms with van der Waals surface area (Å²) < 4.78 is 0. The second kappa shape index (κ2) is 6.85. The van der Waals surface area contributed by atoms with Gasteiger partial charge in [-0.3, -0.25) is 4.79 Å². The normalized spacial score (nSPS) is 10.1. The minimum Gasteiger partial charge on any atom is -0.385 e. The van der Waals surface area contributed by atoms with Crippen LogP contribution >= 0.6 is 0 Å². The van der Waals surface area contributed by atoms with Crippen LogP contribution in [0, 0.1) is 0 Å². The largest absolute Gasteiger partial charge is 0.385 e. The average molecular weight is 221 g/mol. The van der Waals surface area contributed by atoms with Gasteiger partial charge in [0.1, 0.15) is 0 Å². The first-order valence-electron chi connectivity index (χ1n) is 5.58. The zero-order chi connectivity index (χ0) is 11.8. The molecule has 1 aromatic carbocycles. The molecule has 0 saturated carbocycles. The van der Waals surface area contributed by atoms with E-state index in [1.54, 1.807) is 12.1 Å². The Balaban J connectivity index is 2.29. The zero-order valence-corrected chi connectivity index (χ0v) is 9.62. The predicted molar refractivity (Wildman–Crippen MR) is 66.6 cm³/mol. The van der Waals surface area contributed by atoms with Gasteiger partial charge in [-0.15, -0.1) is 0 Å². The number of hydrogen-bond acceptors (Lipinski definition) is 3. The molecule has 0 atom stereocenters. The lowest BCUT2D eigenvalue weighted by Crippen LogP contribution is -2.17. The average Bonchev–Trinajstić information content (AvgIpc) is 2.29. The molecule has 0 saturated heterocycles. The van der Waals surface area contributed by atoms with Crippen LogP contribution in [0.4, 0.5) is 5.69 Å². The Morgan fingerprint density at radius 2 is 1.94 bits per heavy atom. The number of nitrogens with one attached hydrogen (secondary N) is 2. The highest BCUT2D eigenvalue weighted by Crippen LogP contribution is 2.08. The molecule has 0 bridgehead atoms. The number of carbonyl (C=O) groups is 1. The van der Waals surface area contributed by atoms with E-state index in [0.29, 0.717) is 5.56 Å². The summed E-state index contributed by atoms with van der Waals surface area (Å²) >= 11 is 0. The summed E-state index contributed by atoms with van der Waals surface area (Å²) in [6.45, 7) is 5.04. The Hall–Kier alpha value is -1.55. The van der Waals surface area contributed by atoms with E-state index >= 15 is 0 Å². The molecule has 0 fully saturated rings. The third-order valence-electron chi connectivity index (χ3n) is 2.28. The topological polar surface area (TPSA) is 67.2 Å². The zero-order valence-electron chi connectivity index (χ0n) is 9.62. The maximum atomic E-state index is 10.8. The Bertz CT molecular complexity index is 322. The van der Waals surface area contributed by atoms with Crippen LogP contribution < -0.4 is 16.4 Å². The lowest BCUT2D eigenvalue weighted by molar-refractivity contribution is 0.100. The maximum absolute atomic E-state index is 10.8. The van der Waals surface area contributed by atoms with Crippen molar-refractivity contribution in [3.8, 4) is 0 Å². The van der Waals surface area contributed by atoms with E-state index in [4.69, 9.17) is 5.73 Å². The number of carbonyl (C=O) groups excluding carboxylic acids is 1. The van der Waals surface area contributed by atoms with Gasteiger partial charge in [-0.05, 0) is 43.8 Å². The first-order valence-corrected chi connectivity index (χ1v) is 5.58. The van der Waals surface area contributed by atoms with Gasteiger partial charge in [0, 0.05) is 17.8 Å². The molecule has 4 N–H and O–H groups in total. The molecule has 0 aliphatic rings. The third-order valence-corrected chi connectivity index (χ3v) is 2.28. The Kier molecular flexibility index (Phi) is 5.36. The van der Waals surface area contributed by atoms with Gasteiger partial charge < -0.3 is 16.4 Å². The summed E-state index contributed by atoms with van der Waals surface area (Å²) in [6.07, 6.45) is 1.07. The lowest BCUT2D eigenvalue weighted by atomic mass is 10.2. The summed E-state index contributed by atoms with van der Waals surface area (Å²) in [6, 6.07) is 7.20. The Labute approximate surface area is 96.2 Å². The van der Waals surface area contributed by atoms with E-state index in [0.717, 1.165) is 31.7 Å². The van der Waals surface area contributed by atoms with Crippen molar-refractivity contribution in [3.63, 3.8) is 0 Å². The fourth-order valence-corrected chi connectivity index (χ4v) is 1.38. The SMILES string of the molecule is CCNCCCNc1ccc(C(N)=O)cc1. The van der Waals surface area contributed by atoms with Crippen molar-refractivity contribution in [3.05, 3.63) is 29.8 Å². The molecule has 0 aromatic heterocycles. The molecule has 0 aliphatic heterocycles. The van der Waals surface area contributed by atoms with Crippen LogP contribution in [0.25, 0.3) is 0 Å². The van der Waals surface area contributed by atoms with Crippen molar-refractivity contribution in [2.45, 2.75) is 13.3 Å². The summed E-state index contributed by atoms with van der Waals surface area (Å²) in [4.78, 5) is 10.8. The van der Waals surface area contributed by atoms with Gasteiger partial charge in [0.25, 0.3) is 0 Å². The third kappa shape index (κ3) is 4.31. The number of amides is 1. The standard InChI is InChI=1S/C12H19N3O/c1-2-14-8-3-9-15-11-6-4-10(5-7-11)12(13)16/h4-7,14-15H,2-3,8-9H2,1H3,(H2,13,16). The van der Waals surface area contributed by atoms with Crippen LogP contribution in [0.2, 0.25) is 0 Å². The van der Waals surface area contributed by atoms with Gasteiger partial charge in [-0.1, -0.05) is 6.92 Å². The molecular formula is C12H19N3O. The lowest BCUT2D eigenvalue weighted by Gasteiger charge is -2.06. The summed E-state index contributed by atoms with van der Waals surface area (Å²) in [7, 11) is 0. The van der Waals surface area contributed by atoms with E-state index in [1.165, 1.54) is 0 Å². The molecule has 0 spiro atoms. The molecular weight excluding hydrogens is 202 g/mol. The number of anilines is 1. The van der Waals surface area contributed by atoms with Crippen LogP contribution in [0.5, 0.6) is 0 Å². The van der Waals surface area contributed by atoms with E-state index in [-0.39, 0.29) is 0 Å². The fraction of sp³-hybridized carbons (Fsp3) is 0.417. The molecule has 16 heavy (non-hydrogen) atoms. The van der Waals surface area contributed by atoms with Crippen molar-refractivity contribution in [1.82, 2.24) is 5.32 Å². The van der Waals surface area contributed by atoms with Crippen LogP contribution in [0.3, 0.4) is 0 Å². The second-order valence-corrected chi connectivity index (χ2v) is 3.58. The monoisotopic (exact) mass is 221 g/mol. The highest BCUT2D eigenvalue weighted by atomic mass is 16.1. The molecule has 1 amide bonds. The highest BCUT2D eigenvalue weighted by Gasteiger charge is 1.98. The molecule has 1 aromatic rings. The smallest absolute Gasteiger partial charge is 0.248 e. The van der Waals surface area contributed by atoms with Crippen molar-refractivity contribution in [2.75, 3.05) is 25.0 Å². The van der Waals surface area contributed by atoms with Gasteiger partial charge in [-0.2, -0.15) is 0 Å². The quantitative estimate of drug-likeness (QED) is 0.606. The predicted octanol–water partition coefficient (Wildman–Crippen LogP) is 1.20. The number of benzene rings is 1. The van der Waals surface area contributed by atoms with Crippen molar-refractivity contribution in [2.24, 2.45) is 5.73 Å².